The van der Waals surface area contributed by atoms with Crippen LogP contribution in [0.5, 0.6) is 6.01 Å². The molecule has 36 heavy (non-hydrogen) atoms. The molecule has 188 valence electrons. The van der Waals surface area contributed by atoms with Gasteiger partial charge in [0.1, 0.15) is 11.9 Å². The summed E-state index contributed by atoms with van der Waals surface area (Å²) in [6.07, 6.45) is 3.31. The zero-order chi connectivity index (χ0) is 25.1. The lowest BCUT2D eigenvalue weighted by atomic mass is 9.90. The minimum absolute atomic E-state index is 0.0764. The lowest BCUT2D eigenvalue weighted by molar-refractivity contribution is 0.0912. The van der Waals surface area contributed by atoms with Gasteiger partial charge in [-0.05, 0) is 50.1 Å². The average molecular weight is 489 g/mol. The molecule has 2 aliphatic heterocycles. The van der Waals surface area contributed by atoms with Crippen molar-refractivity contribution in [2.75, 3.05) is 44.3 Å². The number of amides is 1. The van der Waals surface area contributed by atoms with Gasteiger partial charge in [0, 0.05) is 55.8 Å². The maximum Gasteiger partial charge on any atom is 0.319 e. The first-order valence-electron chi connectivity index (χ1n) is 12.3. The number of aryl methyl sites for hydroxylation is 1. The topological polar surface area (TPSA) is 102 Å². The summed E-state index contributed by atoms with van der Waals surface area (Å²) >= 11 is 0. The van der Waals surface area contributed by atoms with E-state index in [1.807, 2.05) is 26.0 Å². The highest BCUT2D eigenvalue weighted by atomic mass is 16.5. The Bertz CT molecular complexity index is 1220. The molecule has 0 saturated carbocycles. The highest BCUT2D eigenvalue weighted by molar-refractivity contribution is 5.94. The number of carbonyl (C=O) groups is 1. The molecule has 4 heterocycles. The fraction of sp³-hybridized carbons (Fsp3) is 0.407. The third kappa shape index (κ3) is 5.32. The van der Waals surface area contributed by atoms with Gasteiger partial charge in [0.15, 0.2) is 0 Å². The summed E-state index contributed by atoms with van der Waals surface area (Å²) in [6, 6.07) is 12.0. The van der Waals surface area contributed by atoms with Crippen LogP contribution in [0.3, 0.4) is 0 Å². The van der Waals surface area contributed by atoms with Crippen LogP contribution in [-0.4, -0.2) is 66.4 Å². The van der Waals surface area contributed by atoms with Crippen LogP contribution in [0.25, 0.3) is 11.3 Å². The van der Waals surface area contributed by atoms with Crippen LogP contribution in [-0.2, 0) is 10.3 Å². The molecule has 1 amide bonds. The minimum Gasteiger partial charge on any atom is -0.457 e. The molecule has 2 N–H and O–H groups in total. The second kappa shape index (κ2) is 10.2. The fourth-order valence-corrected chi connectivity index (χ4v) is 4.27. The van der Waals surface area contributed by atoms with Crippen molar-refractivity contribution in [2.24, 2.45) is 0 Å². The lowest BCUT2D eigenvalue weighted by Gasteiger charge is -2.30. The van der Waals surface area contributed by atoms with Crippen LogP contribution in [0.2, 0.25) is 0 Å². The molecular weight excluding hydrogens is 456 g/mol. The Morgan fingerprint density at radius 3 is 2.56 bits per heavy atom. The highest BCUT2D eigenvalue weighted by Crippen LogP contribution is 2.32. The number of pyridine rings is 1. The smallest absolute Gasteiger partial charge is 0.319 e. The summed E-state index contributed by atoms with van der Waals surface area (Å²) in [5.74, 6) is 0.687. The number of hydrogen-bond donors (Lipinski definition) is 2. The third-order valence-electron chi connectivity index (χ3n) is 6.65. The first kappa shape index (κ1) is 24.1. The van der Waals surface area contributed by atoms with Gasteiger partial charge in [0.25, 0.3) is 5.91 Å². The number of benzene rings is 1. The van der Waals surface area contributed by atoms with Gasteiger partial charge in [-0.25, -0.2) is 0 Å². The molecule has 0 bridgehead atoms. The molecule has 9 heteroatoms. The van der Waals surface area contributed by atoms with Crippen LogP contribution in [0.1, 0.15) is 35.3 Å². The van der Waals surface area contributed by atoms with Crippen molar-refractivity contribution in [1.29, 1.82) is 0 Å². The van der Waals surface area contributed by atoms with E-state index in [4.69, 9.17) is 19.4 Å². The predicted octanol–water partition coefficient (Wildman–Crippen LogP) is 2.70. The summed E-state index contributed by atoms with van der Waals surface area (Å²) in [5, 5.41) is 6.37. The monoisotopic (exact) mass is 488 g/mol. The molecule has 9 nitrogen and oxygen atoms in total. The normalized spacial score (nSPS) is 16.4. The number of nitrogens with one attached hydrogen (secondary N) is 2. The number of ether oxygens (including phenoxy) is 2. The summed E-state index contributed by atoms with van der Waals surface area (Å²) < 4.78 is 11.6. The largest absolute Gasteiger partial charge is 0.457 e. The Kier molecular flexibility index (Phi) is 6.84. The van der Waals surface area contributed by atoms with E-state index in [-0.39, 0.29) is 12.0 Å². The van der Waals surface area contributed by atoms with Gasteiger partial charge in [-0.15, -0.1) is 0 Å². The van der Waals surface area contributed by atoms with Crippen molar-refractivity contribution in [3.05, 3.63) is 65.5 Å². The summed E-state index contributed by atoms with van der Waals surface area (Å²) in [5.41, 5.74) is 3.79. The van der Waals surface area contributed by atoms with Gasteiger partial charge in [-0.2, -0.15) is 9.97 Å². The number of aromatic nitrogens is 3. The predicted molar refractivity (Wildman–Crippen MR) is 137 cm³/mol. The first-order chi connectivity index (χ1) is 17.4. The second-order valence-electron chi connectivity index (χ2n) is 9.74. The molecule has 1 aromatic carbocycles. The van der Waals surface area contributed by atoms with Crippen molar-refractivity contribution in [3.8, 4) is 17.3 Å². The SMILES string of the molecule is Cc1ccc(C(C)(C)NC(=O)c2ccncc2)cc1-c1cc(N2CCOCC2)nc(OC2CNC2)n1. The van der Waals surface area contributed by atoms with Crippen molar-refractivity contribution in [2.45, 2.75) is 32.4 Å². The number of carbonyl (C=O) groups excluding carboxylic acids is 1. The van der Waals surface area contributed by atoms with E-state index in [1.165, 1.54) is 0 Å². The van der Waals surface area contributed by atoms with Gasteiger partial charge in [0.2, 0.25) is 0 Å². The molecule has 2 fully saturated rings. The highest BCUT2D eigenvalue weighted by Gasteiger charge is 2.26. The Morgan fingerprint density at radius 2 is 1.86 bits per heavy atom. The molecule has 2 aliphatic rings. The van der Waals surface area contributed by atoms with E-state index < -0.39 is 5.54 Å². The van der Waals surface area contributed by atoms with Crippen LogP contribution in [0, 0.1) is 6.92 Å². The van der Waals surface area contributed by atoms with Gasteiger partial charge in [-0.1, -0.05) is 12.1 Å². The zero-order valence-corrected chi connectivity index (χ0v) is 21.0. The third-order valence-corrected chi connectivity index (χ3v) is 6.65. The lowest BCUT2D eigenvalue weighted by Crippen LogP contribution is -2.50. The Balaban J connectivity index is 1.48. The summed E-state index contributed by atoms with van der Waals surface area (Å²) in [6.45, 7) is 10.5. The van der Waals surface area contributed by atoms with Crippen molar-refractivity contribution in [1.82, 2.24) is 25.6 Å². The Labute approximate surface area is 211 Å². The van der Waals surface area contributed by atoms with E-state index in [0.29, 0.717) is 24.8 Å². The van der Waals surface area contributed by atoms with Crippen LogP contribution >= 0.6 is 0 Å². The van der Waals surface area contributed by atoms with Gasteiger partial charge in [-0.3, -0.25) is 9.78 Å². The molecule has 0 spiro atoms. The average Bonchev–Trinajstić information content (AvgIpc) is 2.87. The van der Waals surface area contributed by atoms with Gasteiger partial charge >= 0.3 is 6.01 Å². The van der Waals surface area contributed by atoms with Crippen molar-refractivity contribution in [3.63, 3.8) is 0 Å². The molecule has 0 aliphatic carbocycles. The van der Waals surface area contributed by atoms with E-state index in [9.17, 15) is 4.79 Å². The van der Waals surface area contributed by atoms with Crippen LogP contribution < -0.4 is 20.3 Å². The quantitative estimate of drug-likeness (QED) is 0.524. The van der Waals surface area contributed by atoms with E-state index in [0.717, 1.165) is 54.4 Å². The number of nitrogens with zero attached hydrogens (tertiary/aromatic N) is 4. The van der Waals surface area contributed by atoms with E-state index in [2.05, 4.69) is 39.6 Å². The molecule has 0 atom stereocenters. The number of morpholine rings is 1. The van der Waals surface area contributed by atoms with E-state index >= 15 is 0 Å². The molecule has 0 radical (unpaired) electrons. The molecular formula is C27H32N6O3. The minimum atomic E-state index is -0.611. The fourth-order valence-electron chi connectivity index (χ4n) is 4.27. The van der Waals surface area contributed by atoms with Crippen molar-refractivity contribution < 1.29 is 14.3 Å². The summed E-state index contributed by atoms with van der Waals surface area (Å²) in [4.78, 5) is 28.6. The molecule has 2 saturated heterocycles. The van der Waals surface area contributed by atoms with E-state index in [1.54, 1.807) is 24.5 Å². The molecule has 3 aromatic rings. The number of rotatable bonds is 7. The van der Waals surface area contributed by atoms with Crippen molar-refractivity contribution >= 4 is 11.7 Å². The first-order valence-corrected chi connectivity index (χ1v) is 12.3. The number of hydrogen-bond acceptors (Lipinski definition) is 8. The molecule has 0 unspecified atom stereocenters. The van der Waals surface area contributed by atoms with Gasteiger partial charge in [0.05, 0.1) is 24.4 Å². The standard InChI is InChI=1S/C27H32N6O3/c1-18-4-5-20(27(2,3)32-25(34)19-6-8-28-9-7-19)14-22(18)23-15-24(33-10-12-35-13-11-33)31-26(30-23)36-21-16-29-17-21/h4-9,14-15,21,29H,10-13,16-17H2,1-3H3,(H,32,34). The maximum absolute atomic E-state index is 12.9. The van der Waals surface area contributed by atoms with Crippen LogP contribution in [0.4, 0.5) is 5.82 Å². The Hall–Kier alpha value is -3.56. The van der Waals surface area contributed by atoms with Gasteiger partial charge < -0.3 is 25.0 Å². The molecule has 2 aromatic heterocycles. The number of anilines is 1. The summed E-state index contributed by atoms with van der Waals surface area (Å²) in [7, 11) is 0. The maximum atomic E-state index is 12.9. The van der Waals surface area contributed by atoms with Crippen LogP contribution in [0.15, 0.2) is 48.8 Å². The Morgan fingerprint density at radius 1 is 1.11 bits per heavy atom. The second-order valence-corrected chi connectivity index (χ2v) is 9.74. The zero-order valence-electron chi connectivity index (χ0n) is 21.0. The molecule has 5 rings (SSSR count).